The molecular formula is C27H28N2O2. The lowest BCUT2D eigenvalue weighted by atomic mass is 10.0. The van der Waals surface area contributed by atoms with Crippen molar-refractivity contribution in [3.05, 3.63) is 95.7 Å². The Hall–Kier alpha value is -3.53. The number of hydrogen-bond donors (Lipinski definition) is 1. The number of aryl methyl sites for hydroxylation is 3. The maximum atomic E-state index is 11.0. The van der Waals surface area contributed by atoms with Crippen LogP contribution in [0.3, 0.4) is 0 Å². The first-order valence-corrected chi connectivity index (χ1v) is 10.7. The molecule has 0 fully saturated rings. The van der Waals surface area contributed by atoms with Crippen LogP contribution in [-0.2, 0) is 24.1 Å². The molecule has 0 atom stereocenters. The molecule has 0 saturated carbocycles. The van der Waals surface area contributed by atoms with E-state index in [0.29, 0.717) is 6.42 Å². The van der Waals surface area contributed by atoms with E-state index in [2.05, 4.69) is 82.4 Å². The Morgan fingerprint density at radius 3 is 2.29 bits per heavy atom. The fourth-order valence-corrected chi connectivity index (χ4v) is 4.00. The summed E-state index contributed by atoms with van der Waals surface area (Å²) in [6, 6.07) is 25.4. The van der Waals surface area contributed by atoms with Gasteiger partial charge in [-0.05, 0) is 72.4 Å². The third-order valence-electron chi connectivity index (χ3n) is 5.75. The van der Waals surface area contributed by atoms with E-state index in [1.165, 1.54) is 22.2 Å². The van der Waals surface area contributed by atoms with E-state index in [-0.39, 0.29) is 6.42 Å². The van der Waals surface area contributed by atoms with Gasteiger partial charge in [0.1, 0.15) is 0 Å². The molecule has 0 bridgehead atoms. The van der Waals surface area contributed by atoms with Crippen LogP contribution < -0.4 is 4.90 Å². The summed E-state index contributed by atoms with van der Waals surface area (Å²) in [5.41, 5.74) is 7.12. The first-order chi connectivity index (χ1) is 15.0. The number of nitrogens with zero attached hydrogens (tertiary/aromatic N) is 2. The van der Waals surface area contributed by atoms with Crippen molar-refractivity contribution in [3.8, 4) is 5.69 Å². The van der Waals surface area contributed by atoms with Crippen LogP contribution >= 0.6 is 0 Å². The van der Waals surface area contributed by atoms with E-state index in [0.717, 1.165) is 29.6 Å². The normalized spacial score (nSPS) is 11.0. The average molecular weight is 413 g/mol. The predicted octanol–water partition coefficient (Wildman–Crippen LogP) is 5.50. The van der Waals surface area contributed by atoms with E-state index in [1.54, 1.807) is 0 Å². The molecule has 1 N–H and O–H groups in total. The molecule has 4 heteroatoms. The highest BCUT2D eigenvalue weighted by atomic mass is 16.4. The zero-order valence-electron chi connectivity index (χ0n) is 18.1. The van der Waals surface area contributed by atoms with Gasteiger partial charge in [-0.25, -0.2) is 0 Å². The Morgan fingerprint density at radius 2 is 1.61 bits per heavy atom. The van der Waals surface area contributed by atoms with Gasteiger partial charge in [-0.1, -0.05) is 36.4 Å². The minimum atomic E-state index is -0.761. The number of fused-ring (bicyclic) bond motifs is 1. The third-order valence-corrected chi connectivity index (χ3v) is 5.75. The molecule has 0 aliphatic carbocycles. The minimum Gasteiger partial charge on any atom is -0.481 e. The topological polar surface area (TPSA) is 45.5 Å². The zero-order chi connectivity index (χ0) is 21.8. The van der Waals surface area contributed by atoms with Crippen LogP contribution in [0.2, 0.25) is 0 Å². The Morgan fingerprint density at radius 1 is 0.871 bits per heavy atom. The third kappa shape index (κ3) is 4.80. The highest BCUT2D eigenvalue weighted by Crippen LogP contribution is 2.28. The molecule has 0 radical (unpaired) electrons. The van der Waals surface area contributed by atoms with Crippen LogP contribution in [0.25, 0.3) is 16.6 Å². The quantitative estimate of drug-likeness (QED) is 0.416. The van der Waals surface area contributed by atoms with Crippen molar-refractivity contribution in [2.45, 2.75) is 25.7 Å². The van der Waals surface area contributed by atoms with Crippen LogP contribution in [0.5, 0.6) is 0 Å². The second kappa shape index (κ2) is 9.09. The van der Waals surface area contributed by atoms with E-state index >= 15 is 0 Å². The van der Waals surface area contributed by atoms with Gasteiger partial charge in [0, 0.05) is 43.5 Å². The molecule has 0 aliphatic heterocycles. The van der Waals surface area contributed by atoms with Gasteiger partial charge in [-0.15, -0.1) is 0 Å². The summed E-state index contributed by atoms with van der Waals surface area (Å²) in [7, 11) is 4.08. The van der Waals surface area contributed by atoms with Gasteiger partial charge in [0.05, 0.1) is 5.52 Å². The van der Waals surface area contributed by atoms with Gasteiger partial charge in [-0.2, -0.15) is 0 Å². The van der Waals surface area contributed by atoms with Crippen molar-refractivity contribution in [1.82, 2.24) is 4.57 Å². The lowest BCUT2D eigenvalue weighted by Crippen LogP contribution is -2.08. The lowest BCUT2D eigenvalue weighted by Gasteiger charge is -2.13. The molecule has 3 aromatic carbocycles. The molecular weight excluding hydrogens is 384 g/mol. The summed E-state index contributed by atoms with van der Waals surface area (Å²) in [4.78, 5) is 13.1. The fraction of sp³-hybridized carbons (Fsp3) is 0.222. The van der Waals surface area contributed by atoms with Crippen molar-refractivity contribution < 1.29 is 9.90 Å². The number of benzene rings is 3. The zero-order valence-corrected chi connectivity index (χ0v) is 18.1. The van der Waals surface area contributed by atoms with Crippen molar-refractivity contribution >= 4 is 22.6 Å². The second-order valence-electron chi connectivity index (χ2n) is 8.17. The van der Waals surface area contributed by atoms with Gasteiger partial charge < -0.3 is 14.6 Å². The Kier molecular flexibility index (Phi) is 6.08. The van der Waals surface area contributed by atoms with Gasteiger partial charge in [0.2, 0.25) is 0 Å². The molecule has 158 valence electrons. The SMILES string of the molecule is CN(C)c1ccc(-n2cc(CCc3ccccc3)c3cc(CCC(=O)O)ccc32)cc1. The molecule has 4 rings (SSSR count). The van der Waals surface area contributed by atoms with E-state index < -0.39 is 5.97 Å². The first kappa shape index (κ1) is 20.7. The molecule has 0 saturated heterocycles. The van der Waals surface area contributed by atoms with Crippen LogP contribution in [0, 0.1) is 0 Å². The smallest absolute Gasteiger partial charge is 0.303 e. The van der Waals surface area contributed by atoms with Crippen molar-refractivity contribution in [2.75, 3.05) is 19.0 Å². The summed E-state index contributed by atoms with van der Waals surface area (Å²) in [6.07, 6.45) is 4.84. The molecule has 0 amide bonds. The Balaban J connectivity index is 1.72. The van der Waals surface area contributed by atoms with Crippen molar-refractivity contribution in [1.29, 1.82) is 0 Å². The van der Waals surface area contributed by atoms with Crippen molar-refractivity contribution in [3.63, 3.8) is 0 Å². The van der Waals surface area contributed by atoms with E-state index in [1.807, 2.05) is 20.2 Å². The lowest BCUT2D eigenvalue weighted by molar-refractivity contribution is -0.136. The number of hydrogen-bond acceptors (Lipinski definition) is 2. The maximum absolute atomic E-state index is 11.0. The standard InChI is InChI=1S/C27H28N2O2/c1-28(2)23-12-14-24(15-13-23)29-19-22(11-8-20-6-4-3-5-7-20)25-18-21(9-16-26(25)29)10-17-27(30)31/h3-7,9,12-16,18-19H,8,10-11,17H2,1-2H3,(H,30,31). The van der Waals surface area contributed by atoms with Crippen molar-refractivity contribution in [2.24, 2.45) is 0 Å². The highest BCUT2D eigenvalue weighted by Gasteiger charge is 2.12. The van der Waals surface area contributed by atoms with Crippen LogP contribution in [-0.4, -0.2) is 29.7 Å². The predicted molar refractivity (Wildman–Crippen MR) is 127 cm³/mol. The van der Waals surface area contributed by atoms with E-state index in [4.69, 9.17) is 5.11 Å². The summed E-state index contributed by atoms with van der Waals surface area (Å²) in [5, 5.41) is 10.3. The minimum absolute atomic E-state index is 0.150. The fourth-order valence-electron chi connectivity index (χ4n) is 4.00. The number of aromatic nitrogens is 1. The second-order valence-corrected chi connectivity index (χ2v) is 8.17. The van der Waals surface area contributed by atoms with E-state index in [9.17, 15) is 4.79 Å². The monoisotopic (exact) mass is 412 g/mol. The molecule has 0 aliphatic rings. The number of rotatable bonds is 8. The summed E-state index contributed by atoms with van der Waals surface area (Å²) < 4.78 is 2.25. The highest BCUT2D eigenvalue weighted by molar-refractivity contribution is 5.86. The molecule has 1 aromatic heterocycles. The van der Waals surface area contributed by atoms with Gasteiger partial charge in [0.25, 0.3) is 0 Å². The number of carboxylic acid groups (broad SMARTS) is 1. The van der Waals surface area contributed by atoms with Crippen LogP contribution in [0.4, 0.5) is 5.69 Å². The average Bonchev–Trinajstić information content (AvgIpc) is 3.15. The molecule has 0 spiro atoms. The van der Waals surface area contributed by atoms with Crippen LogP contribution in [0.1, 0.15) is 23.1 Å². The molecule has 4 nitrogen and oxygen atoms in total. The van der Waals surface area contributed by atoms with Gasteiger partial charge in [-0.3, -0.25) is 4.79 Å². The Bertz CT molecular complexity index is 1180. The molecule has 1 heterocycles. The number of aliphatic carboxylic acids is 1. The molecule has 31 heavy (non-hydrogen) atoms. The van der Waals surface area contributed by atoms with Gasteiger partial charge in [0.15, 0.2) is 0 Å². The summed E-state index contributed by atoms with van der Waals surface area (Å²) >= 11 is 0. The summed E-state index contributed by atoms with van der Waals surface area (Å²) in [5.74, 6) is -0.761. The number of carboxylic acids is 1. The number of carbonyl (C=O) groups is 1. The largest absolute Gasteiger partial charge is 0.481 e. The first-order valence-electron chi connectivity index (χ1n) is 10.7. The van der Waals surface area contributed by atoms with Gasteiger partial charge >= 0.3 is 5.97 Å². The molecule has 4 aromatic rings. The van der Waals surface area contributed by atoms with Crippen LogP contribution in [0.15, 0.2) is 79.0 Å². The Labute approximate surface area is 183 Å². The summed E-state index contributed by atoms with van der Waals surface area (Å²) in [6.45, 7) is 0. The maximum Gasteiger partial charge on any atom is 0.303 e. The number of anilines is 1. The molecule has 0 unspecified atom stereocenters.